The minimum atomic E-state index is -0.305. The summed E-state index contributed by atoms with van der Waals surface area (Å²) in [6.07, 6.45) is 1.63. The van der Waals surface area contributed by atoms with Gasteiger partial charge in [0.25, 0.3) is 5.91 Å². The molecule has 0 unspecified atom stereocenters. The van der Waals surface area contributed by atoms with Crippen molar-refractivity contribution in [3.8, 4) is 11.5 Å². The second-order valence-corrected chi connectivity index (χ2v) is 5.81. The lowest BCUT2D eigenvalue weighted by Crippen LogP contribution is -2.30. The van der Waals surface area contributed by atoms with Crippen LogP contribution in [-0.2, 0) is 4.79 Å². The zero-order valence-electron chi connectivity index (χ0n) is 12.6. The van der Waals surface area contributed by atoms with Crippen LogP contribution in [0.2, 0.25) is 5.02 Å². The molecular weight excluding hydrogens is 348 g/mol. The number of nitrogens with zero attached hydrogens (tertiary/aromatic N) is 1. The second-order valence-electron chi connectivity index (χ2n) is 5.01. The van der Waals surface area contributed by atoms with E-state index in [-0.39, 0.29) is 16.8 Å². The summed E-state index contributed by atoms with van der Waals surface area (Å²) in [4.78, 5) is 14.0. The lowest BCUT2D eigenvalue weighted by atomic mass is 10.1. The number of phenolic OH excluding ortho intramolecular Hbond substituents is 1. The van der Waals surface area contributed by atoms with Gasteiger partial charge in [-0.15, -0.1) is 0 Å². The number of hydrogen-bond acceptors (Lipinski definition) is 4. The maximum Gasteiger partial charge on any atom is 0.281 e. The fraction of sp³-hybridized carbons (Fsp3) is 0.0588. The van der Waals surface area contributed by atoms with Crippen LogP contribution in [0.3, 0.4) is 0 Å². The molecule has 3 rings (SSSR count). The Morgan fingerprint density at radius 1 is 1.29 bits per heavy atom. The van der Waals surface area contributed by atoms with Gasteiger partial charge in [-0.25, -0.2) is 0 Å². The molecule has 1 aliphatic rings. The number of para-hydroxylation sites is 1. The van der Waals surface area contributed by atoms with Crippen molar-refractivity contribution in [3.63, 3.8) is 0 Å². The zero-order valence-corrected chi connectivity index (χ0v) is 14.2. The number of methoxy groups -OCH3 is 1. The van der Waals surface area contributed by atoms with E-state index >= 15 is 0 Å². The molecular formula is C17H13ClN2O3S. The smallest absolute Gasteiger partial charge is 0.281 e. The number of benzene rings is 2. The van der Waals surface area contributed by atoms with Crippen molar-refractivity contribution < 1.29 is 14.6 Å². The number of thiocarbonyl (C=S) groups is 1. The summed E-state index contributed by atoms with van der Waals surface area (Å²) in [5.41, 5.74) is 1.52. The van der Waals surface area contributed by atoms with Gasteiger partial charge in [0, 0.05) is 0 Å². The fourth-order valence-electron chi connectivity index (χ4n) is 2.34. The molecule has 1 fully saturated rings. The van der Waals surface area contributed by atoms with Crippen LogP contribution in [0.15, 0.2) is 48.2 Å². The molecule has 1 saturated heterocycles. The van der Waals surface area contributed by atoms with Crippen molar-refractivity contribution in [2.45, 2.75) is 0 Å². The van der Waals surface area contributed by atoms with Crippen LogP contribution in [0.25, 0.3) is 6.08 Å². The molecule has 2 aromatic carbocycles. The van der Waals surface area contributed by atoms with Crippen molar-refractivity contribution in [1.82, 2.24) is 5.32 Å². The van der Waals surface area contributed by atoms with E-state index in [1.54, 1.807) is 42.5 Å². The van der Waals surface area contributed by atoms with Crippen LogP contribution in [0.4, 0.5) is 5.69 Å². The monoisotopic (exact) mass is 360 g/mol. The molecule has 122 valence electrons. The molecule has 0 aromatic heterocycles. The topological polar surface area (TPSA) is 61.8 Å². The van der Waals surface area contributed by atoms with Crippen molar-refractivity contribution in [1.29, 1.82) is 0 Å². The van der Waals surface area contributed by atoms with Gasteiger partial charge < -0.3 is 15.2 Å². The Balaban J connectivity index is 1.96. The van der Waals surface area contributed by atoms with Gasteiger partial charge in [-0.1, -0.05) is 29.8 Å². The number of nitrogens with one attached hydrogen (secondary N) is 1. The van der Waals surface area contributed by atoms with E-state index in [0.717, 1.165) is 0 Å². The summed E-state index contributed by atoms with van der Waals surface area (Å²) in [5, 5.41) is 13.2. The second kappa shape index (κ2) is 6.51. The molecule has 1 heterocycles. The summed E-state index contributed by atoms with van der Waals surface area (Å²) in [6.45, 7) is 0. The van der Waals surface area contributed by atoms with E-state index in [0.29, 0.717) is 27.7 Å². The molecule has 0 radical (unpaired) electrons. The standard InChI is InChI=1S/C17H13ClN2O3S/c1-23-15-9-10(6-7-14(15)21)8-12-16(22)20(17(24)19-12)13-5-3-2-4-11(13)18/h2-9,21H,1H3,(H,19,24)/b12-8-. The zero-order chi connectivity index (χ0) is 17.3. The molecule has 0 spiro atoms. The predicted molar refractivity (Wildman–Crippen MR) is 97.3 cm³/mol. The molecule has 7 heteroatoms. The number of carbonyl (C=O) groups is 1. The number of anilines is 1. The molecule has 1 aliphatic heterocycles. The number of phenols is 1. The number of amides is 1. The van der Waals surface area contributed by atoms with Crippen LogP contribution in [0.1, 0.15) is 5.56 Å². The van der Waals surface area contributed by atoms with Crippen molar-refractivity contribution in [3.05, 3.63) is 58.7 Å². The Labute approximate surface area is 149 Å². The number of hydrogen-bond donors (Lipinski definition) is 2. The Hall–Kier alpha value is -2.57. The van der Waals surface area contributed by atoms with Gasteiger partial charge in [-0.3, -0.25) is 9.69 Å². The summed E-state index contributed by atoms with van der Waals surface area (Å²) in [5.74, 6) is 0.0408. The van der Waals surface area contributed by atoms with Crippen molar-refractivity contribution >= 4 is 46.6 Å². The van der Waals surface area contributed by atoms with Gasteiger partial charge in [0.1, 0.15) is 5.70 Å². The van der Waals surface area contributed by atoms with Crippen LogP contribution in [0.5, 0.6) is 11.5 Å². The maximum absolute atomic E-state index is 12.7. The minimum absolute atomic E-state index is 0.0265. The Kier molecular flexibility index (Phi) is 4.42. The first-order valence-electron chi connectivity index (χ1n) is 7.00. The summed E-state index contributed by atoms with van der Waals surface area (Å²) in [6, 6.07) is 11.8. The van der Waals surface area contributed by atoms with E-state index in [9.17, 15) is 9.90 Å². The first-order chi connectivity index (χ1) is 11.5. The number of carbonyl (C=O) groups excluding carboxylic acids is 1. The molecule has 0 atom stereocenters. The third kappa shape index (κ3) is 2.93. The highest BCUT2D eigenvalue weighted by Crippen LogP contribution is 2.31. The quantitative estimate of drug-likeness (QED) is 0.649. The van der Waals surface area contributed by atoms with E-state index in [1.807, 2.05) is 0 Å². The lowest BCUT2D eigenvalue weighted by molar-refractivity contribution is -0.113. The average Bonchev–Trinajstić information content (AvgIpc) is 2.84. The van der Waals surface area contributed by atoms with Gasteiger partial charge in [-0.05, 0) is 48.1 Å². The van der Waals surface area contributed by atoms with Gasteiger partial charge in [0.05, 0.1) is 17.8 Å². The molecule has 24 heavy (non-hydrogen) atoms. The van der Waals surface area contributed by atoms with E-state index in [1.165, 1.54) is 18.1 Å². The van der Waals surface area contributed by atoms with Crippen molar-refractivity contribution in [2.24, 2.45) is 0 Å². The highest BCUT2D eigenvalue weighted by atomic mass is 35.5. The van der Waals surface area contributed by atoms with E-state index in [2.05, 4.69) is 5.32 Å². The van der Waals surface area contributed by atoms with E-state index < -0.39 is 0 Å². The SMILES string of the molecule is COc1cc(/C=C2\NC(=S)N(c3ccccc3Cl)C2=O)ccc1O. The molecule has 0 bridgehead atoms. The van der Waals surface area contributed by atoms with Crippen LogP contribution < -0.4 is 15.0 Å². The normalized spacial score (nSPS) is 15.8. The first-order valence-corrected chi connectivity index (χ1v) is 7.78. The Morgan fingerprint density at radius 3 is 2.75 bits per heavy atom. The minimum Gasteiger partial charge on any atom is -0.504 e. The summed E-state index contributed by atoms with van der Waals surface area (Å²) < 4.78 is 5.07. The third-order valence-electron chi connectivity index (χ3n) is 3.49. The summed E-state index contributed by atoms with van der Waals surface area (Å²) >= 11 is 11.4. The number of aromatic hydroxyl groups is 1. The highest BCUT2D eigenvalue weighted by molar-refractivity contribution is 7.80. The molecule has 5 nitrogen and oxygen atoms in total. The first kappa shape index (κ1) is 16.3. The number of halogens is 1. The Bertz CT molecular complexity index is 867. The van der Waals surface area contributed by atoms with Crippen LogP contribution in [0, 0.1) is 0 Å². The average molecular weight is 361 g/mol. The van der Waals surface area contributed by atoms with Crippen LogP contribution in [-0.4, -0.2) is 23.2 Å². The highest BCUT2D eigenvalue weighted by Gasteiger charge is 2.33. The molecule has 2 N–H and O–H groups in total. The molecule has 0 saturated carbocycles. The third-order valence-corrected chi connectivity index (χ3v) is 4.09. The van der Waals surface area contributed by atoms with Gasteiger partial charge >= 0.3 is 0 Å². The van der Waals surface area contributed by atoms with Crippen LogP contribution >= 0.6 is 23.8 Å². The van der Waals surface area contributed by atoms with Crippen molar-refractivity contribution in [2.75, 3.05) is 12.0 Å². The van der Waals surface area contributed by atoms with Gasteiger partial charge in [-0.2, -0.15) is 0 Å². The lowest BCUT2D eigenvalue weighted by Gasteiger charge is -2.15. The molecule has 2 aromatic rings. The Morgan fingerprint density at radius 2 is 2.04 bits per heavy atom. The molecule has 0 aliphatic carbocycles. The number of rotatable bonds is 3. The van der Waals surface area contributed by atoms with E-state index in [4.69, 9.17) is 28.6 Å². The largest absolute Gasteiger partial charge is 0.504 e. The maximum atomic E-state index is 12.7. The van der Waals surface area contributed by atoms with Gasteiger partial charge in [0.2, 0.25) is 0 Å². The van der Waals surface area contributed by atoms with Gasteiger partial charge in [0.15, 0.2) is 16.6 Å². The number of ether oxygens (including phenoxy) is 1. The predicted octanol–water partition coefficient (Wildman–Crippen LogP) is 3.32. The summed E-state index contributed by atoms with van der Waals surface area (Å²) in [7, 11) is 1.46. The molecule has 1 amide bonds. The fourth-order valence-corrected chi connectivity index (χ4v) is 2.85.